The standard InChI is InChI=1S/C26H29N7O5S/c27-23-20-24(31-13-30-23)33(14-32-20)25-22(36)21(35)19(38-25)12-39-10-9-28-26(37)29-11-15-5-7-16(8-6-15)17-3-1-2-4-18(17)34/h1-8,13-14,19,21-22,25,34-36H,9-12H2,(H2,27,30,31)(H2,28,29,37)/t19-,21-,22-,25-/m1/s1. The first-order valence-electron chi connectivity index (χ1n) is 12.3. The summed E-state index contributed by atoms with van der Waals surface area (Å²) < 4.78 is 7.46. The smallest absolute Gasteiger partial charge is 0.315 e. The van der Waals surface area contributed by atoms with Crippen molar-refractivity contribution in [2.45, 2.75) is 31.1 Å². The number of phenols is 1. The highest BCUT2D eigenvalue weighted by molar-refractivity contribution is 7.99. The summed E-state index contributed by atoms with van der Waals surface area (Å²) in [5.41, 5.74) is 9.21. The number of anilines is 1. The molecule has 0 unspecified atom stereocenters. The fourth-order valence-electron chi connectivity index (χ4n) is 4.35. The van der Waals surface area contributed by atoms with Crippen LogP contribution in [0.15, 0.2) is 61.2 Å². The maximum Gasteiger partial charge on any atom is 0.315 e. The van der Waals surface area contributed by atoms with Gasteiger partial charge in [0.1, 0.15) is 29.8 Å². The predicted molar refractivity (Wildman–Crippen MR) is 147 cm³/mol. The van der Waals surface area contributed by atoms with Crippen molar-refractivity contribution < 1.29 is 24.9 Å². The predicted octanol–water partition coefficient (Wildman–Crippen LogP) is 1.63. The van der Waals surface area contributed by atoms with Crippen LogP contribution in [0.3, 0.4) is 0 Å². The number of nitrogen functional groups attached to an aromatic ring is 1. The van der Waals surface area contributed by atoms with Gasteiger partial charge in [-0.3, -0.25) is 4.57 Å². The molecule has 12 nitrogen and oxygen atoms in total. The first-order chi connectivity index (χ1) is 18.9. The van der Waals surface area contributed by atoms with E-state index in [4.69, 9.17) is 10.5 Å². The van der Waals surface area contributed by atoms with Gasteiger partial charge in [-0.25, -0.2) is 19.7 Å². The zero-order chi connectivity index (χ0) is 27.4. The number of hydrogen-bond acceptors (Lipinski definition) is 10. The molecule has 1 aliphatic heterocycles. The number of imidazole rings is 1. The molecule has 4 atom stereocenters. The number of carbonyl (C=O) groups excluding carboxylic acids is 1. The monoisotopic (exact) mass is 551 g/mol. The molecule has 2 aromatic heterocycles. The Morgan fingerprint density at radius 2 is 1.85 bits per heavy atom. The maximum absolute atomic E-state index is 12.2. The van der Waals surface area contributed by atoms with Crippen molar-refractivity contribution in [3.8, 4) is 16.9 Å². The Bertz CT molecular complexity index is 1430. The quantitative estimate of drug-likeness (QED) is 0.167. The third-order valence-electron chi connectivity index (χ3n) is 6.43. The lowest BCUT2D eigenvalue weighted by atomic mass is 10.0. The van der Waals surface area contributed by atoms with E-state index < -0.39 is 24.5 Å². The molecule has 0 spiro atoms. The van der Waals surface area contributed by atoms with Gasteiger partial charge in [0.25, 0.3) is 0 Å². The lowest BCUT2D eigenvalue weighted by Crippen LogP contribution is -2.36. The summed E-state index contributed by atoms with van der Waals surface area (Å²) in [5.74, 6) is 1.45. The normalized spacial score (nSPS) is 20.8. The molecule has 0 radical (unpaired) electrons. The van der Waals surface area contributed by atoms with Crippen LogP contribution in [0.2, 0.25) is 0 Å². The molecule has 1 fully saturated rings. The Morgan fingerprint density at radius 3 is 2.64 bits per heavy atom. The van der Waals surface area contributed by atoms with E-state index in [0.717, 1.165) is 16.7 Å². The van der Waals surface area contributed by atoms with Gasteiger partial charge in [0.05, 0.1) is 12.4 Å². The van der Waals surface area contributed by atoms with Crippen molar-refractivity contribution in [2.75, 3.05) is 23.8 Å². The SMILES string of the molecule is Nc1ncnc2c1ncn2[C@@H]1O[C@H](CSCCNC(=O)NCc2ccc(-c3ccccc3O)cc2)[C@@H](O)[C@H]1O. The van der Waals surface area contributed by atoms with Crippen molar-refractivity contribution in [3.63, 3.8) is 0 Å². The molecule has 204 valence electrons. The number of nitrogens with one attached hydrogen (secondary N) is 2. The molecule has 1 saturated heterocycles. The van der Waals surface area contributed by atoms with E-state index in [1.165, 1.54) is 29.0 Å². The number of amides is 2. The van der Waals surface area contributed by atoms with Crippen LogP contribution < -0.4 is 16.4 Å². The number of aliphatic hydroxyl groups excluding tert-OH is 2. The second kappa shape index (κ2) is 11.9. The lowest BCUT2D eigenvalue weighted by molar-refractivity contribution is -0.0289. The summed E-state index contributed by atoms with van der Waals surface area (Å²) in [4.78, 5) is 24.4. The lowest BCUT2D eigenvalue weighted by Gasteiger charge is -2.16. The van der Waals surface area contributed by atoms with E-state index in [1.54, 1.807) is 12.1 Å². The Balaban J connectivity index is 1.03. The van der Waals surface area contributed by atoms with Crippen molar-refractivity contribution in [1.29, 1.82) is 0 Å². The van der Waals surface area contributed by atoms with Gasteiger partial charge in [-0.2, -0.15) is 11.8 Å². The van der Waals surface area contributed by atoms with E-state index >= 15 is 0 Å². The molecular formula is C26H29N7O5S. The van der Waals surface area contributed by atoms with Crippen LogP contribution in [0.5, 0.6) is 5.75 Å². The molecule has 39 heavy (non-hydrogen) atoms. The summed E-state index contributed by atoms with van der Waals surface area (Å²) in [6, 6.07) is 14.5. The summed E-state index contributed by atoms with van der Waals surface area (Å²) in [6.07, 6.45) is -0.967. The van der Waals surface area contributed by atoms with Crippen molar-refractivity contribution >= 4 is 34.8 Å². The van der Waals surface area contributed by atoms with Gasteiger partial charge < -0.3 is 36.4 Å². The molecule has 13 heteroatoms. The highest BCUT2D eigenvalue weighted by Crippen LogP contribution is 2.33. The summed E-state index contributed by atoms with van der Waals surface area (Å²) >= 11 is 1.49. The molecule has 7 N–H and O–H groups in total. The van der Waals surface area contributed by atoms with Gasteiger partial charge in [-0.1, -0.05) is 42.5 Å². The minimum absolute atomic E-state index is 0.220. The molecule has 2 aromatic carbocycles. The first kappa shape index (κ1) is 26.7. The number of para-hydroxylation sites is 1. The summed E-state index contributed by atoms with van der Waals surface area (Å²) in [7, 11) is 0. The zero-order valence-corrected chi connectivity index (χ0v) is 21.7. The molecule has 3 heterocycles. The molecule has 0 bridgehead atoms. The van der Waals surface area contributed by atoms with Gasteiger partial charge in [0.2, 0.25) is 0 Å². The van der Waals surface area contributed by atoms with Crippen LogP contribution >= 0.6 is 11.8 Å². The topological polar surface area (TPSA) is 181 Å². The highest BCUT2D eigenvalue weighted by Gasteiger charge is 2.44. The third kappa shape index (κ3) is 5.91. The van der Waals surface area contributed by atoms with Crippen molar-refractivity contribution in [1.82, 2.24) is 30.2 Å². The fraction of sp³-hybridized carbons (Fsp3) is 0.308. The number of aliphatic hydroxyl groups is 2. The minimum atomic E-state index is -1.17. The number of rotatable bonds is 9. The molecule has 0 saturated carbocycles. The van der Waals surface area contributed by atoms with Crippen molar-refractivity contribution in [2.24, 2.45) is 0 Å². The van der Waals surface area contributed by atoms with Crippen LogP contribution in [-0.2, 0) is 11.3 Å². The highest BCUT2D eigenvalue weighted by atomic mass is 32.2. The minimum Gasteiger partial charge on any atom is -0.507 e. The summed E-state index contributed by atoms with van der Waals surface area (Å²) in [6.45, 7) is 0.779. The fourth-order valence-corrected chi connectivity index (χ4v) is 5.28. The van der Waals surface area contributed by atoms with E-state index in [-0.39, 0.29) is 17.6 Å². The number of hydrogen-bond donors (Lipinski definition) is 6. The van der Waals surface area contributed by atoms with E-state index in [1.807, 2.05) is 36.4 Å². The second-order valence-electron chi connectivity index (χ2n) is 9.03. The Labute approximate surface area is 228 Å². The van der Waals surface area contributed by atoms with Crippen LogP contribution in [0.4, 0.5) is 10.6 Å². The Hall–Kier alpha value is -3.91. The molecule has 5 rings (SSSR count). The Morgan fingerprint density at radius 1 is 1.05 bits per heavy atom. The maximum atomic E-state index is 12.2. The van der Waals surface area contributed by atoms with Gasteiger partial charge in [-0.15, -0.1) is 0 Å². The van der Waals surface area contributed by atoms with Crippen LogP contribution in [0, 0.1) is 0 Å². The number of thioether (sulfide) groups is 1. The van der Waals surface area contributed by atoms with Gasteiger partial charge >= 0.3 is 6.03 Å². The van der Waals surface area contributed by atoms with E-state index in [2.05, 4.69) is 25.6 Å². The van der Waals surface area contributed by atoms with Gasteiger partial charge in [-0.05, 0) is 17.2 Å². The average Bonchev–Trinajstić information content (AvgIpc) is 3.49. The zero-order valence-electron chi connectivity index (χ0n) is 20.8. The van der Waals surface area contributed by atoms with Gasteiger partial charge in [0.15, 0.2) is 17.7 Å². The van der Waals surface area contributed by atoms with Crippen LogP contribution in [-0.4, -0.2) is 77.2 Å². The van der Waals surface area contributed by atoms with Crippen LogP contribution in [0.1, 0.15) is 11.8 Å². The third-order valence-corrected chi connectivity index (χ3v) is 7.49. The van der Waals surface area contributed by atoms with E-state index in [9.17, 15) is 20.1 Å². The molecular weight excluding hydrogens is 522 g/mol. The summed E-state index contributed by atoms with van der Waals surface area (Å²) in [5, 5.41) is 36.7. The average molecular weight is 552 g/mol. The Kier molecular flexibility index (Phi) is 8.12. The number of aromatic hydroxyl groups is 1. The largest absolute Gasteiger partial charge is 0.507 e. The number of nitrogens with two attached hydrogens (primary N) is 1. The number of fused-ring (bicyclic) bond motifs is 1. The van der Waals surface area contributed by atoms with Gasteiger partial charge in [0, 0.05) is 30.2 Å². The number of carbonyl (C=O) groups is 1. The number of benzene rings is 2. The van der Waals surface area contributed by atoms with E-state index in [0.29, 0.717) is 35.8 Å². The number of urea groups is 1. The number of ether oxygens (including phenoxy) is 1. The first-order valence-corrected chi connectivity index (χ1v) is 13.5. The number of phenolic OH excluding ortho intramolecular Hbond substituents is 1. The number of aromatic nitrogens is 4. The molecule has 0 aliphatic carbocycles. The number of nitrogens with zero attached hydrogens (tertiary/aromatic N) is 4. The van der Waals surface area contributed by atoms with Crippen molar-refractivity contribution in [3.05, 3.63) is 66.7 Å². The second-order valence-corrected chi connectivity index (χ2v) is 10.2. The molecule has 2 amide bonds. The van der Waals surface area contributed by atoms with Crippen LogP contribution in [0.25, 0.3) is 22.3 Å². The molecule has 1 aliphatic rings. The molecule has 4 aromatic rings.